The molecule has 0 saturated carbocycles. The third kappa shape index (κ3) is 4.24. The normalized spacial score (nSPS) is 14.9. The summed E-state index contributed by atoms with van der Waals surface area (Å²) in [6.07, 6.45) is 0. The fourth-order valence-electron chi connectivity index (χ4n) is 3.39. The number of aromatic nitrogens is 2. The first kappa shape index (κ1) is 19.0. The van der Waals surface area contributed by atoms with E-state index in [9.17, 15) is 14.5 Å². The molecule has 8 nitrogen and oxygen atoms in total. The molecule has 0 atom stereocenters. The molecule has 0 amide bonds. The van der Waals surface area contributed by atoms with E-state index in [1.54, 1.807) is 0 Å². The van der Waals surface area contributed by atoms with Crippen LogP contribution in [0.15, 0.2) is 47.0 Å². The molecule has 0 N–H and O–H groups in total. The summed E-state index contributed by atoms with van der Waals surface area (Å²) < 4.78 is 18.7. The van der Waals surface area contributed by atoms with Crippen LogP contribution in [0.3, 0.4) is 0 Å². The summed E-state index contributed by atoms with van der Waals surface area (Å²) >= 11 is 0. The molecule has 0 aliphatic carbocycles. The van der Waals surface area contributed by atoms with E-state index in [2.05, 4.69) is 15.0 Å². The largest absolute Gasteiger partial charge is 0.363 e. The van der Waals surface area contributed by atoms with Crippen molar-refractivity contribution < 1.29 is 13.8 Å². The Labute approximate surface area is 166 Å². The first-order chi connectivity index (χ1) is 14.0. The monoisotopic (exact) mass is 397 g/mol. The second-order valence-electron chi connectivity index (χ2n) is 7.03. The Balaban J connectivity index is 1.39. The summed E-state index contributed by atoms with van der Waals surface area (Å²) in [6.45, 7) is 5.06. The number of nitrogens with zero attached hydrogens (tertiary/aromatic N) is 5. The molecule has 2 heterocycles. The highest BCUT2D eigenvalue weighted by molar-refractivity contribution is 5.63. The summed E-state index contributed by atoms with van der Waals surface area (Å²) in [4.78, 5) is 19.2. The predicted molar refractivity (Wildman–Crippen MR) is 105 cm³/mol. The maximum absolute atomic E-state index is 13.4. The van der Waals surface area contributed by atoms with Crippen LogP contribution in [0.4, 0.5) is 15.8 Å². The number of nitro benzene ring substituents is 1. The van der Waals surface area contributed by atoms with Crippen molar-refractivity contribution in [2.75, 3.05) is 31.1 Å². The molecule has 1 fully saturated rings. The molecule has 0 spiro atoms. The zero-order valence-corrected chi connectivity index (χ0v) is 15.9. The maximum atomic E-state index is 13.4. The number of hydrogen-bond acceptors (Lipinski definition) is 7. The fraction of sp³-hybridized carbons (Fsp3) is 0.300. The van der Waals surface area contributed by atoms with Gasteiger partial charge in [-0.2, -0.15) is 4.98 Å². The highest BCUT2D eigenvalue weighted by atomic mass is 19.1. The number of aryl methyl sites for hydroxylation is 1. The van der Waals surface area contributed by atoms with Gasteiger partial charge < -0.3 is 9.42 Å². The van der Waals surface area contributed by atoms with Gasteiger partial charge in [0.2, 0.25) is 11.7 Å². The van der Waals surface area contributed by atoms with Crippen LogP contribution in [0.1, 0.15) is 11.5 Å². The molecule has 2 aromatic carbocycles. The van der Waals surface area contributed by atoms with E-state index in [0.29, 0.717) is 50.1 Å². The quantitative estimate of drug-likeness (QED) is 0.481. The van der Waals surface area contributed by atoms with Crippen LogP contribution in [-0.2, 0) is 6.54 Å². The maximum Gasteiger partial charge on any atom is 0.295 e. The zero-order chi connectivity index (χ0) is 20.4. The molecule has 150 valence electrons. The lowest BCUT2D eigenvalue weighted by Gasteiger charge is -2.35. The van der Waals surface area contributed by atoms with Gasteiger partial charge in [0.1, 0.15) is 11.5 Å². The number of hydrogen-bond donors (Lipinski definition) is 0. The fourth-order valence-corrected chi connectivity index (χ4v) is 3.39. The van der Waals surface area contributed by atoms with E-state index in [0.717, 1.165) is 17.2 Å². The second-order valence-corrected chi connectivity index (χ2v) is 7.03. The van der Waals surface area contributed by atoms with Gasteiger partial charge in [0.05, 0.1) is 17.5 Å². The number of nitro groups is 1. The Bertz CT molecular complexity index is 1010. The van der Waals surface area contributed by atoms with Gasteiger partial charge in [-0.1, -0.05) is 35.0 Å². The topological polar surface area (TPSA) is 88.5 Å². The van der Waals surface area contributed by atoms with Gasteiger partial charge in [0.25, 0.3) is 5.69 Å². The minimum Gasteiger partial charge on any atom is -0.363 e. The van der Waals surface area contributed by atoms with Crippen LogP contribution in [-0.4, -0.2) is 46.1 Å². The van der Waals surface area contributed by atoms with Gasteiger partial charge in [-0.05, 0) is 19.1 Å². The predicted octanol–water partition coefficient (Wildman–Crippen LogP) is 3.41. The highest BCUT2D eigenvalue weighted by Crippen LogP contribution is 2.29. The number of piperazine rings is 1. The SMILES string of the molecule is Cc1ccc(-c2noc(CN3CCN(c4ccc(F)cc4[N+](=O)[O-])CC3)n2)cc1. The smallest absolute Gasteiger partial charge is 0.295 e. The van der Waals surface area contributed by atoms with Crippen LogP contribution in [0, 0.1) is 22.9 Å². The molecule has 0 unspecified atom stereocenters. The van der Waals surface area contributed by atoms with E-state index in [-0.39, 0.29) is 5.69 Å². The Kier molecular flexibility index (Phi) is 5.22. The Hall–Kier alpha value is -3.33. The summed E-state index contributed by atoms with van der Waals surface area (Å²) in [5, 5.41) is 15.3. The third-order valence-corrected chi connectivity index (χ3v) is 4.98. The van der Waals surface area contributed by atoms with Crippen molar-refractivity contribution in [1.82, 2.24) is 15.0 Å². The average molecular weight is 397 g/mol. The minimum atomic E-state index is -0.611. The van der Waals surface area contributed by atoms with Crippen molar-refractivity contribution in [1.29, 1.82) is 0 Å². The Morgan fingerprint density at radius 1 is 1.14 bits per heavy atom. The van der Waals surface area contributed by atoms with Crippen molar-refractivity contribution in [3.63, 3.8) is 0 Å². The molecule has 0 bridgehead atoms. The van der Waals surface area contributed by atoms with Gasteiger partial charge in [0.15, 0.2) is 0 Å². The van der Waals surface area contributed by atoms with Crippen LogP contribution in [0.5, 0.6) is 0 Å². The van der Waals surface area contributed by atoms with Crippen LogP contribution in [0.25, 0.3) is 11.4 Å². The lowest BCUT2D eigenvalue weighted by Crippen LogP contribution is -2.46. The van der Waals surface area contributed by atoms with E-state index in [4.69, 9.17) is 4.52 Å². The Morgan fingerprint density at radius 3 is 2.55 bits per heavy atom. The lowest BCUT2D eigenvalue weighted by molar-refractivity contribution is -0.384. The molecular formula is C20H20FN5O3. The van der Waals surface area contributed by atoms with Crippen molar-refractivity contribution in [3.8, 4) is 11.4 Å². The molecule has 4 rings (SSSR count). The molecule has 29 heavy (non-hydrogen) atoms. The molecule has 1 aromatic heterocycles. The van der Waals surface area contributed by atoms with E-state index < -0.39 is 10.7 Å². The summed E-state index contributed by atoms with van der Waals surface area (Å²) in [5.74, 6) is 0.474. The van der Waals surface area contributed by atoms with Gasteiger partial charge in [-0.15, -0.1) is 0 Å². The van der Waals surface area contributed by atoms with Gasteiger partial charge in [-0.3, -0.25) is 15.0 Å². The molecule has 1 aliphatic heterocycles. The molecular weight excluding hydrogens is 377 g/mol. The van der Waals surface area contributed by atoms with Crippen LogP contribution >= 0.6 is 0 Å². The average Bonchev–Trinajstić information content (AvgIpc) is 3.17. The Morgan fingerprint density at radius 2 is 1.86 bits per heavy atom. The van der Waals surface area contributed by atoms with E-state index >= 15 is 0 Å². The molecule has 1 aliphatic rings. The highest BCUT2D eigenvalue weighted by Gasteiger charge is 2.25. The summed E-state index contributed by atoms with van der Waals surface area (Å²) in [7, 11) is 0. The van der Waals surface area contributed by atoms with Gasteiger partial charge in [-0.25, -0.2) is 4.39 Å². The van der Waals surface area contributed by atoms with Crippen molar-refractivity contribution >= 4 is 11.4 Å². The van der Waals surface area contributed by atoms with Gasteiger partial charge >= 0.3 is 0 Å². The van der Waals surface area contributed by atoms with Crippen molar-refractivity contribution in [2.24, 2.45) is 0 Å². The van der Waals surface area contributed by atoms with Crippen LogP contribution in [0.2, 0.25) is 0 Å². The number of halogens is 1. The zero-order valence-electron chi connectivity index (χ0n) is 15.9. The van der Waals surface area contributed by atoms with E-state index in [1.165, 1.54) is 12.1 Å². The van der Waals surface area contributed by atoms with Crippen LogP contribution < -0.4 is 4.90 Å². The molecule has 0 radical (unpaired) electrons. The summed E-state index contributed by atoms with van der Waals surface area (Å²) in [6, 6.07) is 11.6. The second kappa shape index (κ2) is 7.96. The van der Waals surface area contributed by atoms with Gasteiger partial charge in [0, 0.05) is 31.7 Å². The first-order valence-electron chi connectivity index (χ1n) is 9.30. The number of anilines is 1. The lowest BCUT2D eigenvalue weighted by atomic mass is 10.1. The van der Waals surface area contributed by atoms with Crippen molar-refractivity contribution in [3.05, 3.63) is 69.9 Å². The first-order valence-corrected chi connectivity index (χ1v) is 9.30. The minimum absolute atomic E-state index is 0.210. The third-order valence-electron chi connectivity index (χ3n) is 4.98. The molecule has 9 heteroatoms. The van der Waals surface area contributed by atoms with E-state index in [1.807, 2.05) is 36.1 Å². The standard InChI is InChI=1S/C20H20FN5O3/c1-14-2-4-15(5-3-14)20-22-19(29-23-20)13-24-8-10-25(11-9-24)17-7-6-16(21)12-18(17)26(27)28/h2-7,12H,8-11,13H2,1H3. The van der Waals surface area contributed by atoms with Crippen molar-refractivity contribution in [2.45, 2.75) is 13.5 Å². The molecule has 3 aromatic rings. The number of rotatable bonds is 5. The molecule has 1 saturated heterocycles. The number of benzene rings is 2. The summed E-state index contributed by atoms with van der Waals surface area (Å²) in [5.41, 5.74) is 2.30.